The van der Waals surface area contributed by atoms with E-state index < -0.39 is 6.29 Å². The summed E-state index contributed by atoms with van der Waals surface area (Å²) >= 11 is 0. The number of ether oxygens (including phenoxy) is 1. The van der Waals surface area contributed by atoms with Crippen molar-refractivity contribution in [1.82, 2.24) is 0 Å². The van der Waals surface area contributed by atoms with Gasteiger partial charge in [-0.3, -0.25) is 0 Å². The van der Waals surface area contributed by atoms with Crippen LogP contribution >= 0.6 is 0 Å². The fourth-order valence-corrected chi connectivity index (χ4v) is 0.647. The summed E-state index contributed by atoms with van der Waals surface area (Å²) in [5, 5.41) is 0. The smallest absolute Gasteiger partial charge is 0.210 e. The second-order valence-corrected chi connectivity index (χ2v) is 5.13. The normalized spacial score (nSPS) is 15.3. The van der Waals surface area contributed by atoms with Crippen molar-refractivity contribution < 1.29 is 14.5 Å². The van der Waals surface area contributed by atoms with E-state index in [9.17, 15) is 0 Å². The van der Waals surface area contributed by atoms with Crippen LogP contribution in [0.15, 0.2) is 12.7 Å². The van der Waals surface area contributed by atoms with E-state index in [-0.39, 0.29) is 11.2 Å². The van der Waals surface area contributed by atoms with Gasteiger partial charge in [0, 0.05) is 0 Å². The van der Waals surface area contributed by atoms with Crippen molar-refractivity contribution in [3.63, 3.8) is 0 Å². The third-order valence-corrected chi connectivity index (χ3v) is 1.06. The summed E-state index contributed by atoms with van der Waals surface area (Å²) in [6, 6.07) is 0. The average molecular weight is 202 g/mol. The third kappa shape index (κ3) is 8.23. The minimum Gasteiger partial charge on any atom is -0.341 e. The van der Waals surface area contributed by atoms with Crippen molar-refractivity contribution in [3.05, 3.63) is 12.7 Å². The third-order valence-electron chi connectivity index (χ3n) is 1.06. The van der Waals surface area contributed by atoms with E-state index in [0.717, 1.165) is 0 Å². The molecule has 0 rings (SSSR count). The fourth-order valence-electron chi connectivity index (χ4n) is 0.647. The molecule has 0 aliphatic heterocycles. The Morgan fingerprint density at radius 3 is 1.79 bits per heavy atom. The standard InChI is InChI=1S/C11H22O3/c1-8-9(12-10(2,3)4)13-14-11(5,6)7/h8-9H,1H2,2-7H3. The molecule has 0 bridgehead atoms. The predicted molar refractivity (Wildman–Crippen MR) is 56.7 cm³/mol. The van der Waals surface area contributed by atoms with Crippen LogP contribution in [0.25, 0.3) is 0 Å². The summed E-state index contributed by atoms with van der Waals surface area (Å²) in [4.78, 5) is 10.2. The maximum atomic E-state index is 5.52. The number of rotatable bonds is 4. The summed E-state index contributed by atoms with van der Waals surface area (Å²) < 4.78 is 5.52. The van der Waals surface area contributed by atoms with Crippen molar-refractivity contribution in [2.24, 2.45) is 0 Å². The van der Waals surface area contributed by atoms with Crippen LogP contribution in [0.1, 0.15) is 41.5 Å². The zero-order valence-electron chi connectivity index (χ0n) is 10.1. The molecule has 3 nitrogen and oxygen atoms in total. The van der Waals surface area contributed by atoms with Crippen molar-refractivity contribution in [1.29, 1.82) is 0 Å². The maximum Gasteiger partial charge on any atom is 0.210 e. The van der Waals surface area contributed by atoms with Gasteiger partial charge in [-0.25, -0.2) is 4.89 Å². The Hall–Kier alpha value is -0.380. The molecule has 1 unspecified atom stereocenters. The van der Waals surface area contributed by atoms with E-state index in [1.807, 2.05) is 41.5 Å². The van der Waals surface area contributed by atoms with Crippen LogP contribution in [0.5, 0.6) is 0 Å². The molecule has 0 aliphatic rings. The molecule has 0 heterocycles. The highest BCUT2D eigenvalue weighted by Crippen LogP contribution is 2.15. The molecule has 14 heavy (non-hydrogen) atoms. The highest BCUT2D eigenvalue weighted by molar-refractivity contribution is 4.74. The summed E-state index contributed by atoms with van der Waals surface area (Å²) in [6.07, 6.45) is 1.03. The molecule has 0 aromatic carbocycles. The molecule has 0 spiro atoms. The van der Waals surface area contributed by atoms with E-state index in [0.29, 0.717) is 0 Å². The Morgan fingerprint density at radius 1 is 1.00 bits per heavy atom. The topological polar surface area (TPSA) is 27.7 Å². The van der Waals surface area contributed by atoms with Crippen molar-refractivity contribution >= 4 is 0 Å². The lowest BCUT2D eigenvalue weighted by molar-refractivity contribution is -0.413. The lowest BCUT2D eigenvalue weighted by Crippen LogP contribution is -2.31. The Bertz CT molecular complexity index is 174. The lowest BCUT2D eigenvalue weighted by atomic mass is 10.2. The van der Waals surface area contributed by atoms with Crippen LogP contribution in [-0.2, 0) is 14.5 Å². The van der Waals surface area contributed by atoms with Crippen LogP contribution in [0.4, 0.5) is 0 Å². The van der Waals surface area contributed by atoms with Crippen LogP contribution in [0.2, 0.25) is 0 Å². The Labute approximate surface area is 87.0 Å². The summed E-state index contributed by atoms with van der Waals surface area (Å²) in [5.74, 6) is 0. The SMILES string of the molecule is C=CC(OOC(C)(C)C)OC(C)(C)C. The van der Waals surface area contributed by atoms with E-state index in [1.54, 1.807) is 6.08 Å². The number of hydrogen-bond acceptors (Lipinski definition) is 3. The lowest BCUT2D eigenvalue weighted by Gasteiger charge is -2.27. The van der Waals surface area contributed by atoms with Crippen LogP contribution in [-0.4, -0.2) is 17.5 Å². The van der Waals surface area contributed by atoms with Crippen molar-refractivity contribution in [2.45, 2.75) is 59.0 Å². The van der Waals surface area contributed by atoms with Crippen molar-refractivity contribution in [2.75, 3.05) is 0 Å². The van der Waals surface area contributed by atoms with Crippen LogP contribution in [0, 0.1) is 0 Å². The molecule has 0 aromatic heterocycles. The first-order valence-electron chi connectivity index (χ1n) is 4.79. The highest BCUT2D eigenvalue weighted by Gasteiger charge is 2.20. The van der Waals surface area contributed by atoms with Gasteiger partial charge >= 0.3 is 0 Å². The summed E-state index contributed by atoms with van der Waals surface area (Å²) in [7, 11) is 0. The molecule has 84 valence electrons. The molecular weight excluding hydrogens is 180 g/mol. The minimum absolute atomic E-state index is 0.278. The quantitative estimate of drug-likeness (QED) is 0.303. The van der Waals surface area contributed by atoms with Gasteiger partial charge < -0.3 is 4.74 Å². The van der Waals surface area contributed by atoms with Gasteiger partial charge in [0.15, 0.2) is 0 Å². The number of hydrogen-bond donors (Lipinski definition) is 0. The van der Waals surface area contributed by atoms with Crippen LogP contribution in [0.3, 0.4) is 0 Å². The molecule has 0 aliphatic carbocycles. The largest absolute Gasteiger partial charge is 0.341 e. The average Bonchev–Trinajstić information content (AvgIpc) is 1.94. The first-order chi connectivity index (χ1) is 6.14. The predicted octanol–water partition coefficient (Wildman–Crippen LogP) is 3.06. The van der Waals surface area contributed by atoms with Gasteiger partial charge in [-0.2, -0.15) is 4.89 Å². The monoisotopic (exact) mass is 202 g/mol. The first-order valence-corrected chi connectivity index (χ1v) is 4.79. The molecule has 0 aromatic rings. The zero-order chi connectivity index (χ0) is 11.4. The van der Waals surface area contributed by atoms with E-state index in [2.05, 4.69) is 6.58 Å². The van der Waals surface area contributed by atoms with Crippen LogP contribution < -0.4 is 0 Å². The van der Waals surface area contributed by atoms with Gasteiger partial charge in [-0.1, -0.05) is 6.58 Å². The second-order valence-electron chi connectivity index (χ2n) is 5.13. The molecule has 0 N–H and O–H groups in total. The summed E-state index contributed by atoms with van der Waals surface area (Å²) in [5.41, 5.74) is -0.622. The molecule has 0 radical (unpaired) electrons. The molecule has 1 atom stereocenters. The van der Waals surface area contributed by atoms with Gasteiger partial charge in [0.1, 0.15) is 0 Å². The molecule has 0 saturated heterocycles. The minimum atomic E-state index is -0.533. The van der Waals surface area contributed by atoms with E-state index >= 15 is 0 Å². The van der Waals surface area contributed by atoms with E-state index in [4.69, 9.17) is 14.5 Å². The van der Waals surface area contributed by atoms with Gasteiger partial charge in [0.2, 0.25) is 6.29 Å². The highest BCUT2D eigenvalue weighted by atomic mass is 17.2. The molecule has 0 fully saturated rings. The van der Waals surface area contributed by atoms with Gasteiger partial charge in [-0.15, -0.1) is 0 Å². The van der Waals surface area contributed by atoms with Gasteiger partial charge in [0.05, 0.1) is 11.2 Å². The Morgan fingerprint density at radius 2 is 1.50 bits per heavy atom. The van der Waals surface area contributed by atoms with Gasteiger partial charge in [-0.05, 0) is 47.6 Å². The van der Waals surface area contributed by atoms with Crippen molar-refractivity contribution in [3.8, 4) is 0 Å². The molecule has 0 saturated carbocycles. The maximum absolute atomic E-state index is 5.52. The zero-order valence-corrected chi connectivity index (χ0v) is 10.1. The molecular formula is C11H22O3. The Balaban J connectivity index is 3.99. The molecule has 3 heteroatoms. The molecule has 0 amide bonds. The summed E-state index contributed by atoms with van der Waals surface area (Å²) in [6.45, 7) is 15.2. The second kappa shape index (κ2) is 4.91. The Kier molecular flexibility index (Phi) is 4.78. The fraction of sp³-hybridized carbons (Fsp3) is 0.818. The van der Waals surface area contributed by atoms with E-state index in [1.165, 1.54) is 0 Å². The van der Waals surface area contributed by atoms with Gasteiger partial charge in [0.25, 0.3) is 0 Å². The first kappa shape index (κ1) is 13.6.